The molecule has 3 N–H and O–H groups in total. The van der Waals surface area contributed by atoms with Crippen molar-refractivity contribution >= 4 is 18.1 Å². The minimum absolute atomic E-state index is 0. The second kappa shape index (κ2) is 6.57. The van der Waals surface area contributed by atoms with Crippen LogP contribution in [-0.2, 0) is 0 Å². The van der Waals surface area contributed by atoms with Crippen LogP contribution in [0.5, 0.6) is 5.75 Å². The van der Waals surface area contributed by atoms with Gasteiger partial charge in [0.1, 0.15) is 5.75 Å². The summed E-state index contributed by atoms with van der Waals surface area (Å²) in [6, 6.07) is 7.55. The molecule has 0 atom stereocenters. The van der Waals surface area contributed by atoms with Gasteiger partial charge in [-0.15, -0.1) is 12.4 Å². The number of nitrogens with one attached hydrogen (secondary N) is 1. The number of nitrogens with two attached hydrogens (primary N) is 1. The molecule has 0 saturated heterocycles. The van der Waals surface area contributed by atoms with Crippen LogP contribution in [0.1, 0.15) is 13.3 Å². The van der Waals surface area contributed by atoms with Crippen LogP contribution >= 0.6 is 12.4 Å². The van der Waals surface area contributed by atoms with Gasteiger partial charge in [-0.3, -0.25) is 5.84 Å². The molecule has 0 aliphatic heterocycles. The van der Waals surface area contributed by atoms with Crippen molar-refractivity contribution in [1.29, 1.82) is 0 Å². The Hall–Kier alpha value is -0.930. The second-order valence-corrected chi connectivity index (χ2v) is 2.52. The van der Waals surface area contributed by atoms with Gasteiger partial charge in [0, 0.05) is 5.69 Å². The smallest absolute Gasteiger partial charge is 0.119 e. The molecule has 0 spiro atoms. The number of ether oxygens (including phenoxy) is 1. The minimum Gasteiger partial charge on any atom is -0.494 e. The van der Waals surface area contributed by atoms with Gasteiger partial charge in [-0.05, 0) is 30.7 Å². The molecule has 3 nitrogen and oxygen atoms in total. The lowest BCUT2D eigenvalue weighted by Crippen LogP contribution is -2.06. The quantitative estimate of drug-likeness (QED) is 0.581. The van der Waals surface area contributed by atoms with Gasteiger partial charge in [0.2, 0.25) is 0 Å². The third-order valence-corrected chi connectivity index (χ3v) is 1.49. The van der Waals surface area contributed by atoms with Crippen molar-refractivity contribution in [3.05, 3.63) is 24.3 Å². The fourth-order valence-corrected chi connectivity index (χ4v) is 0.867. The summed E-state index contributed by atoms with van der Waals surface area (Å²) in [6.07, 6.45) is 1.02. The van der Waals surface area contributed by atoms with Crippen LogP contribution in [0.3, 0.4) is 0 Å². The molecule has 13 heavy (non-hydrogen) atoms. The number of nitrogen functional groups attached to an aromatic ring is 1. The van der Waals surface area contributed by atoms with Gasteiger partial charge >= 0.3 is 0 Å². The minimum atomic E-state index is 0. The number of hydrogen-bond donors (Lipinski definition) is 2. The van der Waals surface area contributed by atoms with Crippen LogP contribution in [-0.4, -0.2) is 6.61 Å². The van der Waals surface area contributed by atoms with E-state index in [-0.39, 0.29) is 12.4 Å². The molecule has 0 fully saturated rings. The highest BCUT2D eigenvalue weighted by Crippen LogP contribution is 2.14. The third-order valence-electron chi connectivity index (χ3n) is 1.49. The standard InChI is InChI=1S/C9H14N2O.ClH/c1-2-7-12-9-5-3-8(11-10)4-6-9;/h3-6,11H,2,7,10H2,1H3;1H. The van der Waals surface area contributed by atoms with Gasteiger partial charge in [-0.2, -0.15) is 0 Å². The van der Waals surface area contributed by atoms with Crippen LogP contribution in [0, 0.1) is 0 Å². The Morgan fingerprint density at radius 1 is 1.31 bits per heavy atom. The maximum Gasteiger partial charge on any atom is 0.119 e. The summed E-state index contributed by atoms with van der Waals surface area (Å²) in [4.78, 5) is 0. The van der Waals surface area contributed by atoms with Gasteiger partial charge in [-0.1, -0.05) is 6.92 Å². The molecule has 1 rings (SSSR count). The summed E-state index contributed by atoms with van der Waals surface area (Å²) in [5, 5.41) is 0. The van der Waals surface area contributed by atoms with E-state index in [0.29, 0.717) is 0 Å². The van der Waals surface area contributed by atoms with Crippen molar-refractivity contribution in [3.63, 3.8) is 0 Å². The number of hydrogen-bond acceptors (Lipinski definition) is 3. The highest BCUT2D eigenvalue weighted by molar-refractivity contribution is 5.85. The zero-order valence-electron chi connectivity index (χ0n) is 7.62. The van der Waals surface area contributed by atoms with Crippen molar-refractivity contribution in [2.45, 2.75) is 13.3 Å². The summed E-state index contributed by atoms with van der Waals surface area (Å²) in [6.45, 7) is 2.84. The molecular formula is C9H15ClN2O. The Morgan fingerprint density at radius 2 is 1.92 bits per heavy atom. The van der Waals surface area contributed by atoms with Gasteiger partial charge in [0.05, 0.1) is 6.61 Å². The van der Waals surface area contributed by atoms with Crippen molar-refractivity contribution in [3.8, 4) is 5.75 Å². The van der Waals surface area contributed by atoms with Crippen molar-refractivity contribution in [2.75, 3.05) is 12.0 Å². The predicted molar refractivity (Wildman–Crippen MR) is 57.3 cm³/mol. The lowest BCUT2D eigenvalue weighted by Gasteiger charge is -2.04. The van der Waals surface area contributed by atoms with Crippen molar-refractivity contribution in [2.24, 2.45) is 5.84 Å². The van der Waals surface area contributed by atoms with Gasteiger partial charge in [-0.25, -0.2) is 0 Å². The summed E-state index contributed by atoms with van der Waals surface area (Å²) >= 11 is 0. The number of benzene rings is 1. The molecule has 0 saturated carbocycles. The summed E-state index contributed by atoms with van der Waals surface area (Å²) < 4.78 is 5.39. The molecule has 0 amide bonds. The van der Waals surface area contributed by atoms with Gasteiger partial charge < -0.3 is 10.2 Å². The summed E-state index contributed by atoms with van der Waals surface area (Å²) in [5.74, 6) is 6.09. The van der Waals surface area contributed by atoms with E-state index >= 15 is 0 Å². The molecule has 0 aromatic heterocycles. The first kappa shape index (κ1) is 12.1. The average Bonchev–Trinajstić information content (AvgIpc) is 2.15. The zero-order valence-corrected chi connectivity index (χ0v) is 8.43. The molecule has 74 valence electrons. The first-order chi connectivity index (χ1) is 5.86. The molecular weight excluding hydrogens is 188 g/mol. The molecule has 0 bridgehead atoms. The van der Waals surface area contributed by atoms with E-state index in [1.165, 1.54) is 0 Å². The maximum atomic E-state index is 5.39. The van der Waals surface area contributed by atoms with Crippen LogP contribution < -0.4 is 16.0 Å². The van der Waals surface area contributed by atoms with E-state index in [1.807, 2.05) is 24.3 Å². The molecule has 4 heteroatoms. The SMILES string of the molecule is CCCOc1ccc(NN)cc1.Cl. The number of anilines is 1. The lowest BCUT2D eigenvalue weighted by atomic mass is 10.3. The monoisotopic (exact) mass is 202 g/mol. The number of halogens is 1. The zero-order chi connectivity index (χ0) is 8.81. The Balaban J connectivity index is 0.00000144. The fraction of sp³-hybridized carbons (Fsp3) is 0.333. The van der Waals surface area contributed by atoms with Gasteiger partial charge in [0.25, 0.3) is 0 Å². The van der Waals surface area contributed by atoms with Crippen LogP contribution in [0.15, 0.2) is 24.3 Å². The highest BCUT2D eigenvalue weighted by Gasteiger charge is 1.91. The molecule has 0 heterocycles. The number of hydrazine groups is 1. The maximum absolute atomic E-state index is 5.39. The highest BCUT2D eigenvalue weighted by atomic mass is 35.5. The first-order valence-corrected chi connectivity index (χ1v) is 4.06. The van der Waals surface area contributed by atoms with E-state index in [4.69, 9.17) is 10.6 Å². The Morgan fingerprint density at radius 3 is 2.38 bits per heavy atom. The largest absolute Gasteiger partial charge is 0.494 e. The summed E-state index contributed by atoms with van der Waals surface area (Å²) in [7, 11) is 0. The molecule has 0 radical (unpaired) electrons. The van der Waals surface area contributed by atoms with Crippen molar-refractivity contribution in [1.82, 2.24) is 0 Å². The van der Waals surface area contributed by atoms with Crippen LogP contribution in [0.25, 0.3) is 0 Å². The fourth-order valence-electron chi connectivity index (χ4n) is 0.867. The van der Waals surface area contributed by atoms with Crippen LogP contribution in [0.4, 0.5) is 5.69 Å². The predicted octanol–water partition coefficient (Wildman–Crippen LogP) is 2.18. The first-order valence-electron chi connectivity index (χ1n) is 4.06. The molecule has 0 aliphatic carbocycles. The molecule has 0 unspecified atom stereocenters. The van der Waals surface area contributed by atoms with Crippen molar-refractivity contribution < 1.29 is 4.74 Å². The van der Waals surface area contributed by atoms with E-state index in [0.717, 1.165) is 24.5 Å². The van der Waals surface area contributed by atoms with E-state index in [9.17, 15) is 0 Å². The normalized spacial score (nSPS) is 8.77. The molecule has 1 aromatic rings. The number of rotatable bonds is 4. The van der Waals surface area contributed by atoms with E-state index < -0.39 is 0 Å². The Kier molecular flexibility index (Phi) is 6.10. The second-order valence-electron chi connectivity index (χ2n) is 2.52. The molecule has 0 aliphatic rings. The van der Waals surface area contributed by atoms with E-state index in [1.54, 1.807) is 0 Å². The molecule has 1 aromatic carbocycles. The average molecular weight is 203 g/mol. The summed E-state index contributed by atoms with van der Waals surface area (Å²) in [5.41, 5.74) is 3.44. The van der Waals surface area contributed by atoms with Gasteiger partial charge in [0.15, 0.2) is 0 Å². The lowest BCUT2D eigenvalue weighted by molar-refractivity contribution is 0.317. The Labute approximate surface area is 84.7 Å². The third kappa shape index (κ3) is 4.01. The van der Waals surface area contributed by atoms with Crippen LogP contribution in [0.2, 0.25) is 0 Å². The topological polar surface area (TPSA) is 47.3 Å². The van der Waals surface area contributed by atoms with E-state index in [2.05, 4.69) is 12.3 Å². The Bertz CT molecular complexity index is 226.